The lowest BCUT2D eigenvalue weighted by atomic mass is 9.99. The molecule has 2 aromatic heterocycles. The Hall–Kier alpha value is -4.14. The molecular formula is C22H18N4O5. The molecule has 0 radical (unpaired) electrons. The van der Waals surface area contributed by atoms with Crippen LogP contribution in [0, 0.1) is 0 Å². The molecule has 3 aromatic rings. The molecule has 0 bridgehead atoms. The summed E-state index contributed by atoms with van der Waals surface area (Å²) < 4.78 is 5.12. The highest BCUT2D eigenvalue weighted by Crippen LogP contribution is 2.29. The Labute approximate surface area is 176 Å². The third-order valence-electron chi connectivity index (χ3n) is 4.80. The number of amides is 1. The smallest absolute Gasteiger partial charge is 0.340 e. The molecule has 31 heavy (non-hydrogen) atoms. The number of allylic oxidation sites excluding steroid dienone is 2. The van der Waals surface area contributed by atoms with Crippen molar-refractivity contribution >= 4 is 34.9 Å². The summed E-state index contributed by atoms with van der Waals surface area (Å²) >= 11 is 0. The van der Waals surface area contributed by atoms with E-state index in [1.165, 1.54) is 12.5 Å². The molecule has 0 fully saturated rings. The molecule has 9 heteroatoms. The fraction of sp³-hybridized carbons (Fsp3) is 0.182. The zero-order valence-electron chi connectivity index (χ0n) is 16.6. The third kappa shape index (κ3) is 3.97. The van der Waals surface area contributed by atoms with Crippen LogP contribution >= 0.6 is 0 Å². The molecule has 0 saturated carbocycles. The molecule has 1 aliphatic heterocycles. The monoisotopic (exact) mass is 418 g/mol. The minimum atomic E-state index is -0.528. The summed E-state index contributed by atoms with van der Waals surface area (Å²) in [5, 5.41) is 11.0. The van der Waals surface area contributed by atoms with Crippen LogP contribution in [0.5, 0.6) is 0 Å². The Kier molecular flexibility index (Phi) is 5.40. The number of benzene rings is 1. The number of aliphatic imine (C=N–C) groups is 1. The van der Waals surface area contributed by atoms with E-state index in [0.717, 1.165) is 6.21 Å². The van der Waals surface area contributed by atoms with E-state index < -0.39 is 17.7 Å². The number of hydrogen-bond acceptors (Lipinski definition) is 7. The van der Waals surface area contributed by atoms with Gasteiger partial charge in [0.25, 0.3) is 5.91 Å². The lowest BCUT2D eigenvalue weighted by Gasteiger charge is -2.10. The maximum absolute atomic E-state index is 12.3. The van der Waals surface area contributed by atoms with Gasteiger partial charge in [0.15, 0.2) is 5.78 Å². The Morgan fingerprint density at radius 2 is 2.10 bits per heavy atom. The molecule has 1 aromatic carbocycles. The minimum Gasteiger partial charge on any atom is -0.511 e. The minimum absolute atomic E-state index is 0.0321. The van der Waals surface area contributed by atoms with Crippen LogP contribution in [0.3, 0.4) is 0 Å². The predicted molar refractivity (Wildman–Crippen MR) is 112 cm³/mol. The fourth-order valence-electron chi connectivity index (χ4n) is 3.39. The Balaban J connectivity index is 1.73. The van der Waals surface area contributed by atoms with Gasteiger partial charge in [0, 0.05) is 24.4 Å². The number of aromatic nitrogens is 3. The van der Waals surface area contributed by atoms with Gasteiger partial charge in [-0.25, -0.2) is 19.8 Å². The molecule has 0 spiro atoms. The molecule has 1 amide bonds. The van der Waals surface area contributed by atoms with Crippen LogP contribution < -0.4 is 0 Å². The lowest BCUT2D eigenvalue weighted by Crippen LogP contribution is -2.17. The number of ketones is 1. The van der Waals surface area contributed by atoms with Gasteiger partial charge in [0.1, 0.15) is 17.7 Å². The molecule has 0 aliphatic carbocycles. The summed E-state index contributed by atoms with van der Waals surface area (Å²) in [6, 6.07) is 7.20. The first-order chi connectivity index (χ1) is 15.0. The predicted octanol–water partition coefficient (Wildman–Crippen LogP) is 2.73. The third-order valence-corrected chi connectivity index (χ3v) is 4.80. The molecule has 2 N–H and O–H groups in total. The highest BCUT2D eigenvalue weighted by atomic mass is 16.5. The Morgan fingerprint density at radius 1 is 1.26 bits per heavy atom. The normalized spacial score (nSPS) is 15.4. The zero-order chi connectivity index (χ0) is 22.0. The van der Waals surface area contributed by atoms with Gasteiger partial charge in [-0.05, 0) is 18.6 Å². The molecule has 3 heterocycles. The van der Waals surface area contributed by atoms with Gasteiger partial charge in [-0.15, -0.1) is 0 Å². The van der Waals surface area contributed by atoms with Crippen molar-refractivity contribution in [2.24, 2.45) is 4.99 Å². The SMILES string of the molecule is CCOC(=O)c1c[nH]c2ncnc(-c3cccc(CC(O)=C4C=NC(=O)CC4=O)c3)c12. The van der Waals surface area contributed by atoms with Gasteiger partial charge >= 0.3 is 5.97 Å². The number of aromatic amines is 1. The van der Waals surface area contributed by atoms with Crippen LogP contribution in [0.15, 0.2) is 53.1 Å². The fourth-order valence-corrected chi connectivity index (χ4v) is 3.39. The van der Waals surface area contributed by atoms with Crippen molar-refractivity contribution in [2.45, 2.75) is 19.8 Å². The number of rotatable bonds is 5. The first kappa shape index (κ1) is 20.1. The average molecular weight is 418 g/mol. The number of aliphatic hydroxyl groups is 1. The van der Waals surface area contributed by atoms with E-state index in [9.17, 15) is 19.5 Å². The van der Waals surface area contributed by atoms with E-state index in [2.05, 4.69) is 19.9 Å². The first-order valence-corrected chi connectivity index (χ1v) is 9.58. The number of fused-ring (bicyclic) bond motifs is 1. The second-order valence-corrected chi connectivity index (χ2v) is 6.86. The van der Waals surface area contributed by atoms with Crippen LogP contribution in [-0.2, 0) is 20.7 Å². The summed E-state index contributed by atoms with van der Waals surface area (Å²) in [6.07, 6.45) is 3.76. The Bertz CT molecular complexity index is 1270. The van der Waals surface area contributed by atoms with E-state index in [1.807, 2.05) is 6.07 Å². The van der Waals surface area contributed by atoms with Crippen molar-refractivity contribution in [3.63, 3.8) is 0 Å². The number of ether oxygens (including phenoxy) is 1. The molecule has 0 atom stereocenters. The highest BCUT2D eigenvalue weighted by Gasteiger charge is 2.22. The maximum atomic E-state index is 12.3. The first-order valence-electron chi connectivity index (χ1n) is 9.58. The molecular weight excluding hydrogens is 400 g/mol. The van der Waals surface area contributed by atoms with Crippen molar-refractivity contribution in [2.75, 3.05) is 6.61 Å². The molecule has 0 saturated heterocycles. The van der Waals surface area contributed by atoms with Crippen molar-refractivity contribution in [3.05, 3.63) is 59.2 Å². The highest BCUT2D eigenvalue weighted by molar-refractivity contribution is 6.24. The number of carbonyl (C=O) groups is 3. The van der Waals surface area contributed by atoms with Gasteiger partial charge < -0.3 is 14.8 Å². The summed E-state index contributed by atoms with van der Waals surface area (Å²) in [4.78, 5) is 50.7. The van der Waals surface area contributed by atoms with Crippen LogP contribution in [0.2, 0.25) is 0 Å². The van der Waals surface area contributed by atoms with Crippen LogP contribution in [-0.4, -0.2) is 50.5 Å². The zero-order valence-corrected chi connectivity index (χ0v) is 16.6. The lowest BCUT2D eigenvalue weighted by molar-refractivity contribution is -0.124. The van der Waals surface area contributed by atoms with Crippen molar-refractivity contribution in [3.8, 4) is 11.3 Å². The summed E-state index contributed by atoms with van der Waals surface area (Å²) in [7, 11) is 0. The van der Waals surface area contributed by atoms with Crippen LogP contribution in [0.4, 0.5) is 0 Å². The molecule has 0 unspecified atom stereocenters. The number of hydrogen-bond donors (Lipinski definition) is 2. The van der Waals surface area contributed by atoms with E-state index in [-0.39, 0.29) is 30.8 Å². The molecule has 1 aliphatic rings. The molecule has 4 rings (SSSR count). The molecule has 156 valence electrons. The van der Waals surface area contributed by atoms with Crippen molar-refractivity contribution < 1.29 is 24.2 Å². The maximum Gasteiger partial charge on any atom is 0.340 e. The van der Waals surface area contributed by atoms with Gasteiger partial charge in [0.05, 0.1) is 35.2 Å². The van der Waals surface area contributed by atoms with Crippen molar-refractivity contribution in [1.82, 2.24) is 15.0 Å². The summed E-state index contributed by atoms with van der Waals surface area (Å²) in [5.41, 5.74) is 2.80. The second kappa shape index (κ2) is 8.31. The van der Waals surface area contributed by atoms with E-state index >= 15 is 0 Å². The number of nitrogens with zero attached hydrogens (tertiary/aromatic N) is 3. The van der Waals surface area contributed by atoms with Crippen LogP contribution in [0.1, 0.15) is 29.3 Å². The second-order valence-electron chi connectivity index (χ2n) is 6.86. The largest absolute Gasteiger partial charge is 0.511 e. The van der Waals surface area contributed by atoms with Crippen molar-refractivity contribution in [1.29, 1.82) is 0 Å². The standard InChI is InChI=1S/C22H18N4O5/c1-2-31-22(30)15-10-24-21-19(15)20(25-11-26-21)13-5-3-4-12(6-13)7-16(27)14-9-23-18(29)8-17(14)28/h3-6,9-11,27H,2,7-8H2,1H3,(H,24,25,26). The summed E-state index contributed by atoms with van der Waals surface area (Å²) in [5.74, 6) is -1.63. The number of H-pyrrole nitrogens is 1. The van der Waals surface area contributed by atoms with E-state index in [1.54, 1.807) is 25.1 Å². The number of Topliss-reactive ketones (excluding diaryl/α,β-unsaturated/α-hetero) is 1. The average Bonchev–Trinajstić information content (AvgIpc) is 3.18. The van der Waals surface area contributed by atoms with Gasteiger partial charge in [0.2, 0.25) is 0 Å². The van der Waals surface area contributed by atoms with Gasteiger partial charge in [-0.2, -0.15) is 0 Å². The number of carbonyl (C=O) groups excluding carboxylic acids is 3. The number of esters is 1. The Morgan fingerprint density at radius 3 is 2.87 bits per heavy atom. The van der Waals surface area contributed by atoms with Gasteiger partial charge in [-0.3, -0.25) is 9.59 Å². The quantitative estimate of drug-likeness (QED) is 0.281. The van der Waals surface area contributed by atoms with Gasteiger partial charge in [-0.1, -0.05) is 18.2 Å². The summed E-state index contributed by atoms with van der Waals surface area (Å²) in [6.45, 7) is 1.97. The number of aliphatic hydroxyl groups excluding tert-OH is 1. The topological polar surface area (TPSA) is 135 Å². The van der Waals surface area contributed by atoms with E-state index in [4.69, 9.17) is 4.74 Å². The number of nitrogens with one attached hydrogen (secondary N) is 1. The molecule has 9 nitrogen and oxygen atoms in total. The van der Waals surface area contributed by atoms with Crippen LogP contribution in [0.25, 0.3) is 22.3 Å². The van der Waals surface area contributed by atoms with E-state index in [0.29, 0.717) is 33.4 Å².